The second-order valence-electron chi connectivity index (χ2n) is 4.90. The Balaban J connectivity index is 2.00. The Morgan fingerprint density at radius 2 is 2.11 bits per heavy atom. The average Bonchev–Trinajstić information content (AvgIpc) is 2.42. The first-order chi connectivity index (χ1) is 9.20. The average molecular weight is 263 g/mol. The maximum absolute atomic E-state index is 11.2. The summed E-state index contributed by atoms with van der Waals surface area (Å²) in [5, 5.41) is 9.24. The summed E-state index contributed by atoms with van der Waals surface area (Å²) in [6.07, 6.45) is 2.85. The molecule has 1 aliphatic heterocycles. The van der Waals surface area contributed by atoms with E-state index in [1.165, 1.54) is 0 Å². The van der Waals surface area contributed by atoms with Crippen LogP contribution in [0.5, 0.6) is 5.75 Å². The Morgan fingerprint density at radius 3 is 2.74 bits per heavy atom. The van der Waals surface area contributed by atoms with Crippen molar-refractivity contribution in [3.8, 4) is 5.75 Å². The number of carboxylic acid groups (broad SMARTS) is 1. The minimum absolute atomic E-state index is 0.333. The largest absolute Gasteiger partial charge is 0.494 e. The predicted octanol–water partition coefficient (Wildman–Crippen LogP) is 2.52. The van der Waals surface area contributed by atoms with Crippen LogP contribution in [-0.2, 0) is 11.3 Å². The Morgan fingerprint density at radius 1 is 1.37 bits per heavy atom. The first kappa shape index (κ1) is 13.9. The summed E-state index contributed by atoms with van der Waals surface area (Å²) in [5.74, 6) is 0.158. The summed E-state index contributed by atoms with van der Waals surface area (Å²) < 4.78 is 5.40. The second-order valence-corrected chi connectivity index (χ2v) is 4.90. The van der Waals surface area contributed by atoms with Crippen LogP contribution in [0.1, 0.15) is 31.7 Å². The van der Waals surface area contributed by atoms with E-state index in [9.17, 15) is 9.90 Å². The lowest BCUT2D eigenvalue weighted by atomic mass is 10.0. The number of carboxylic acids is 1. The zero-order valence-electron chi connectivity index (χ0n) is 11.3. The van der Waals surface area contributed by atoms with Crippen LogP contribution in [-0.4, -0.2) is 35.2 Å². The van der Waals surface area contributed by atoms with Crippen molar-refractivity contribution >= 4 is 5.97 Å². The first-order valence-corrected chi connectivity index (χ1v) is 6.89. The summed E-state index contributed by atoms with van der Waals surface area (Å²) in [6.45, 7) is 4.18. The van der Waals surface area contributed by atoms with Crippen molar-refractivity contribution in [2.45, 2.75) is 38.8 Å². The molecule has 19 heavy (non-hydrogen) atoms. The van der Waals surface area contributed by atoms with E-state index >= 15 is 0 Å². The zero-order chi connectivity index (χ0) is 13.7. The number of carbonyl (C=O) groups is 1. The van der Waals surface area contributed by atoms with Crippen molar-refractivity contribution < 1.29 is 14.6 Å². The smallest absolute Gasteiger partial charge is 0.320 e. The van der Waals surface area contributed by atoms with Crippen molar-refractivity contribution in [2.24, 2.45) is 0 Å². The van der Waals surface area contributed by atoms with Gasteiger partial charge in [0.15, 0.2) is 0 Å². The summed E-state index contributed by atoms with van der Waals surface area (Å²) in [4.78, 5) is 13.3. The van der Waals surface area contributed by atoms with E-state index in [2.05, 4.69) is 4.90 Å². The van der Waals surface area contributed by atoms with Crippen LogP contribution in [0.15, 0.2) is 24.3 Å². The normalized spacial score (nSPS) is 20.2. The highest BCUT2D eigenvalue weighted by molar-refractivity contribution is 5.73. The molecule has 1 unspecified atom stereocenters. The molecule has 2 rings (SSSR count). The zero-order valence-corrected chi connectivity index (χ0v) is 11.3. The van der Waals surface area contributed by atoms with E-state index in [-0.39, 0.29) is 6.04 Å². The van der Waals surface area contributed by atoms with Crippen LogP contribution in [0.4, 0.5) is 0 Å². The Bertz CT molecular complexity index is 416. The van der Waals surface area contributed by atoms with Crippen molar-refractivity contribution in [3.05, 3.63) is 29.8 Å². The molecular weight excluding hydrogens is 242 g/mol. The number of aliphatic carboxylic acids is 1. The van der Waals surface area contributed by atoms with Crippen LogP contribution >= 0.6 is 0 Å². The van der Waals surface area contributed by atoms with Gasteiger partial charge >= 0.3 is 5.97 Å². The van der Waals surface area contributed by atoms with Gasteiger partial charge in [0.05, 0.1) is 6.61 Å². The summed E-state index contributed by atoms with van der Waals surface area (Å²) >= 11 is 0. The summed E-state index contributed by atoms with van der Waals surface area (Å²) in [5.41, 5.74) is 1.14. The fourth-order valence-electron chi connectivity index (χ4n) is 2.55. The van der Waals surface area contributed by atoms with Crippen LogP contribution < -0.4 is 4.74 Å². The number of rotatable bonds is 5. The molecule has 0 spiro atoms. The third-order valence-corrected chi connectivity index (χ3v) is 3.52. The van der Waals surface area contributed by atoms with E-state index < -0.39 is 5.97 Å². The van der Waals surface area contributed by atoms with Gasteiger partial charge in [0.2, 0.25) is 0 Å². The third kappa shape index (κ3) is 3.70. The van der Waals surface area contributed by atoms with E-state index in [4.69, 9.17) is 4.74 Å². The highest BCUT2D eigenvalue weighted by Gasteiger charge is 2.28. The van der Waals surface area contributed by atoms with Gasteiger partial charge in [-0.1, -0.05) is 18.6 Å². The number of benzene rings is 1. The molecule has 104 valence electrons. The molecule has 1 fully saturated rings. The van der Waals surface area contributed by atoms with Gasteiger partial charge in [0, 0.05) is 6.54 Å². The molecule has 0 radical (unpaired) electrons. The molecule has 1 N–H and O–H groups in total. The minimum Gasteiger partial charge on any atom is -0.494 e. The van der Waals surface area contributed by atoms with Crippen molar-refractivity contribution in [1.82, 2.24) is 4.90 Å². The molecule has 0 aromatic heterocycles. The number of likely N-dealkylation sites (tertiary alicyclic amines) is 1. The van der Waals surface area contributed by atoms with Crippen molar-refractivity contribution in [3.63, 3.8) is 0 Å². The number of hydrogen-bond donors (Lipinski definition) is 1. The Kier molecular flexibility index (Phi) is 4.80. The standard InChI is InChI=1S/C15H21NO3/c1-2-19-13-8-6-12(7-9-13)11-16-10-4-3-5-14(16)15(17)18/h6-9,14H,2-5,10-11H2,1H3,(H,17,18). The maximum atomic E-state index is 11.2. The highest BCUT2D eigenvalue weighted by atomic mass is 16.5. The molecule has 1 aliphatic rings. The lowest BCUT2D eigenvalue weighted by Gasteiger charge is -2.32. The molecule has 1 aromatic rings. The van der Waals surface area contributed by atoms with Gasteiger partial charge in [0.25, 0.3) is 0 Å². The Labute approximate surface area is 114 Å². The van der Waals surface area contributed by atoms with Gasteiger partial charge in [-0.3, -0.25) is 9.69 Å². The van der Waals surface area contributed by atoms with Crippen LogP contribution in [0, 0.1) is 0 Å². The quantitative estimate of drug-likeness (QED) is 0.887. The fourth-order valence-corrected chi connectivity index (χ4v) is 2.55. The molecule has 0 bridgehead atoms. The van der Waals surface area contributed by atoms with E-state index in [1.54, 1.807) is 0 Å². The Hall–Kier alpha value is -1.55. The van der Waals surface area contributed by atoms with Gasteiger partial charge in [-0.15, -0.1) is 0 Å². The number of hydrogen-bond acceptors (Lipinski definition) is 3. The van der Waals surface area contributed by atoms with Crippen LogP contribution in [0.3, 0.4) is 0 Å². The van der Waals surface area contributed by atoms with Gasteiger partial charge in [-0.2, -0.15) is 0 Å². The molecule has 1 atom stereocenters. The van der Waals surface area contributed by atoms with E-state index in [0.717, 1.165) is 37.1 Å². The highest BCUT2D eigenvalue weighted by Crippen LogP contribution is 2.21. The molecule has 4 heteroatoms. The van der Waals surface area contributed by atoms with Gasteiger partial charge in [-0.25, -0.2) is 0 Å². The summed E-state index contributed by atoms with van der Waals surface area (Å²) in [6, 6.07) is 7.58. The molecule has 1 saturated heterocycles. The number of piperidine rings is 1. The minimum atomic E-state index is -0.703. The van der Waals surface area contributed by atoms with Gasteiger partial charge < -0.3 is 9.84 Å². The second kappa shape index (κ2) is 6.57. The molecule has 1 aromatic carbocycles. The molecule has 0 saturated carbocycles. The van der Waals surface area contributed by atoms with Crippen LogP contribution in [0.2, 0.25) is 0 Å². The van der Waals surface area contributed by atoms with Crippen molar-refractivity contribution in [1.29, 1.82) is 0 Å². The SMILES string of the molecule is CCOc1ccc(CN2CCCCC2C(=O)O)cc1. The fraction of sp³-hybridized carbons (Fsp3) is 0.533. The molecule has 4 nitrogen and oxygen atoms in total. The van der Waals surface area contributed by atoms with E-state index in [0.29, 0.717) is 13.2 Å². The molecule has 0 aliphatic carbocycles. The molecule has 1 heterocycles. The monoisotopic (exact) mass is 263 g/mol. The molecule has 0 amide bonds. The lowest BCUT2D eigenvalue weighted by Crippen LogP contribution is -2.43. The van der Waals surface area contributed by atoms with E-state index in [1.807, 2.05) is 31.2 Å². The van der Waals surface area contributed by atoms with Crippen molar-refractivity contribution in [2.75, 3.05) is 13.2 Å². The van der Waals surface area contributed by atoms with Crippen LogP contribution in [0.25, 0.3) is 0 Å². The maximum Gasteiger partial charge on any atom is 0.320 e. The van der Waals surface area contributed by atoms with Gasteiger partial charge in [0.1, 0.15) is 11.8 Å². The summed E-state index contributed by atoms with van der Waals surface area (Å²) in [7, 11) is 0. The lowest BCUT2D eigenvalue weighted by molar-refractivity contribution is -0.144. The predicted molar refractivity (Wildman–Crippen MR) is 73.3 cm³/mol. The number of ether oxygens (including phenoxy) is 1. The number of nitrogens with zero attached hydrogens (tertiary/aromatic N) is 1. The third-order valence-electron chi connectivity index (χ3n) is 3.52. The van der Waals surface area contributed by atoms with Gasteiger partial charge in [-0.05, 0) is 44.0 Å². The molecular formula is C15H21NO3. The topological polar surface area (TPSA) is 49.8 Å². The first-order valence-electron chi connectivity index (χ1n) is 6.89.